The first-order chi connectivity index (χ1) is 12.6. The number of benzene rings is 1. The molecule has 1 amide bonds. The van der Waals surface area contributed by atoms with E-state index in [-0.39, 0.29) is 11.8 Å². The molecular formula is C20H24ClN3O2. The summed E-state index contributed by atoms with van der Waals surface area (Å²) in [5.41, 5.74) is 1.90. The van der Waals surface area contributed by atoms with Crippen molar-refractivity contribution in [3.05, 3.63) is 40.7 Å². The molecule has 5 nitrogen and oxygen atoms in total. The number of aryl methyl sites for hydroxylation is 1. The first-order valence-electron chi connectivity index (χ1n) is 9.33. The lowest BCUT2D eigenvalue weighted by Crippen LogP contribution is -2.40. The van der Waals surface area contributed by atoms with Gasteiger partial charge in [0, 0.05) is 29.1 Å². The molecule has 2 heterocycles. The molecule has 0 unspecified atom stereocenters. The van der Waals surface area contributed by atoms with Crippen molar-refractivity contribution in [2.75, 3.05) is 13.1 Å². The topological polar surface area (TPSA) is 58.4 Å². The van der Waals surface area contributed by atoms with E-state index < -0.39 is 0 Å². The Morgan fingerprint density at radius 2 is 1.92 bits per heavy atom. The molecule has 4 rings (SSSR count). The molecule has 26 heavy (non-hydrogen) atoms. The van der Waals surface area contributed by atoms with E-state index in [1.165, 1.54) is 0 Å². The lowest BCUT2D eigenvalue weighted by molar-refractivity contribution is -0.126. The number of piperidine rings is 1. The highest BCUT2D eigenvalue weighted by Gasteiger charge is 2.30. The predicted octanol–water partition coefficient (Wildman–Crippen LogP) is 3.79. The molecule has 2 fully saturated rings. The van der Waals surface area contributed by atoms with Crippen molar-refractivity contribution in [3.8, 4) is 11.5 Å². The van der Waals surface area contributed by atoms with E-state index in [2.05, 4.69) is 15.2 Å². The minimum atomic E-state index is 0.162. The fraction of sp³-hybridized carbons (Fsp3) is 0.500. The van der Waals surface area contributed by atoms with Crippen molar-refractivity contribution < 1.29 is 9.21 Å². The number of hydrogen-bond donors (Lipinski definition) is 1. The highest BCUT2D eigenvalue weighted by atomic mass is 35.5. The van der Waals surface area contributed by atoms with Crippen molar-refractivity contribution in [3.63, 3.8) is 0 Å². The molecular weight excluding hydrogens is 350 g/mol. The summed E-state index contributed by atoms with van der Waals surface area (Å²) in [5.74, 6) is 1.89. The van der Waals surface area contributed by atoms with Crippen molar-refractivity contribution in [1.29, 1.82) is 0 Å². The number of likely N-dealkylation sites (tertiary alicyclic amines) is 1. The average molecular weight is 374 g/mol. The summed E-state index contributed by atoms with van der Waals surface area (Å²) in [5, 5.41) is 3.83. The molecule has 1 aliphatic carbocycles. The Morgan fingerprint density at radius 3 is 2.58 bits per heavy atom. The van der Waals surface area contributed by atoms with E-state index in [4.69, 9.17) is 16.0 Å². The monoisotopic (exact) mass is 373 g/mol. The Hall–Kier alpha value is -1.85. The predicted molar refractivity (Wildman–Crippen MR) is 101 cm³/mol. The third kappa shape index (κ3) is 4.10. The molecule has 138 valence electrons. The zero-order valence-corrected chi connectivity index (χ0v) is 15.8. The van der Waals surface area contributed by atoms with Crippen LogP contribution in [0.5, 0.6) is 0 Å². The van der Waals surface area contributed by atoms with Gasteiger partial charge in [-0.25, -0.2) is 4.98 Å². The van der Waals surface area contributed by atoms with Crippen LogP contribution in [0.1, 0.15) is 37.1 Å². The summed E-state index contributed by atoms with van der Waals surface area (Å²) >= 11 is 5.94. The van der Waals surface area contributed by atoms with Gasteiger partial charge in [0.15, 0.2) is 0 Å². The largest absolute Gasteiger partial charge is 0.441 e. The van der Waals surface area contributed by atoms with Crippen LogP contribution < -0.4 is 5.32 Å². The lowest BCUT2D eigenvalue weighted by atomic mass is 9.95. The van der Waals surface area contributed by atoms with Gasteiger partial charge in [-0.2, -0.15) is 0 Å². The van der Waals surface area contributed by atoms with Crippen LogP contribution in [0.25, 0.3) is 11.5 Å². The highest BCUT2D eigenvalue weighted by molar-refractivity contribution is 6.30. The summed E-state index contributed by atoms with van der Waals surface area (Å²) in [4.78, 5) is 19.2. The standard InChI is InChI=1S/C20H24ClN3O2/c1-13-18(23-20(26-13)15-2-4-16(21)5-3-15)12-24-10-8-14(9-11-24)19(25)22-17-6-7-17/h2-5,14,17H,6-12H2,1H3,(H,22,25). The minimum Gasteiger partial charge on any atom is -0.441 e. The van der Waals surface area contributed by atoms with Crippen LogP contribution in [-0.2, 0) is 11.3 Å². The molecule has 1 aromatic carbocycles. The summed E-state index contributed by atoms with van der Waals surface area (Å²) in [7, 11) is 0. The number of nitrogens with zero attached hydrogens (tertiary/aromatic N) is 2. The van der Waals surface area contributed by atoms with Crippen molar-refractivity contribution in [2.24, 2.45) is 5.92 Å². The number of oxazole rings is 1. The zero-order valence-electron chi connectivity index (χ0n) is 15.0. The Bertz CT molecular complexity index is 775. The van der Waals surface area contributed by atoms with Crippen LogP contribution in [0.15, 0.2) is 28.7 Å². The van der Waals surface area contributed by atoms with Gasteiger partial charge >= 0.3 is 0 Å². The van der Waals surface area contributed by atoms with Gasteiger partial charge in [-0.15, -0.1) is 0 Å². The molecule has 1 saturated heterocycles. The molecule has 0 spiro atoms. The number of amides is 1. The summed E-state index contributed by atoms with van der Waals surface area (Å²) in [6, 6.07) is 7.97. The van der Waals surface area contributed by atoms with Gasteiger partial charge in [-0.05, 0) is 70.0 Å². The number of rotatable bonds is 5. The molecule has 1 saturated carbocycles. The molecule has 2 aromatic rings. The van der Waals surface area contributed by atoms with Crippen LogP contribution in [0.2, 0.25) is 5.02 Å². The fourth-order valence-electron chi connectivity index (χ4n) is 3.40. The van der Waals surface area contributed by atoms with Crippen molar-refractivity contribution in [2.45, 2.75) is 45.2 Å². The van der Waals surface area contributed by atoms with E-state index in [9.17, 15) is 4.79 Å². The molecule has 0 radical (unpaired) electrons. The normalized spacial score (nSPS) is 18.8. The third-order valence-corrected chi connectivity index (χ3v) is 5.49. The SMILES string of the molecule is Cc1oc(-c2ccc(Cl)cc2)nc1CN1CCC(C(=O)NC2CC2)CC1. The van der Waals surface area contributed by atoms with Crippen molar-refractivity contribution >= 4 is 17.5 Å². The zero-order chi connectivity index (χ0) is 18.1. The average Bonchev–Trinajstić information content (AvgIpc) is 3.38. The maximum atomic E-state index is 12.2. The molecule has 2 aliphatic rings. The number of aromatic nitrogens is 1. The van der Waals surface area contributed by atoms with Gasteiger partial charge in [0.2, 0.25) is 11.8 Å². The van der Waals surface area contributed by atoms with Crippen LogP contribution >= 0.6 is 11.6 Å². The smallest absolute Gasteiger partial charge is 0.226 e. The Balaban J connectivity index is 1.34. The van der Waals surface area contributed by atoms with E-state index in [0.717, 1.165) is 62.3 Å². The maximum Gasteiger partial charge on any atom is 0.226 e. The molecule has 1 aromatic heterocycles. The number of carbonyl (C=O) groups is 1. The number of carbonyl (C=O) groups excluding carboxylic acids is 1. The number of nitrogens with one attached hydrogen (secondary N) is 1. The number of hydrogen-bond acceptors (Lipinski definition) is 4. The molecule has 1 aliphatic heterocycles. The van der Waals surface area contributed by atoms with E-state index in [1.807, 2.05) is 31.2 Å². The van der Waals surface area contributed by atoms with Gasteiger partial charge in [0.1, 0.15) is 5.76 Å². The lowest BCUT2D eigenvalue weighted by Gasteiger charge is -2.30. The summed E-state index contributed by atoms with van der Waals surface area (Å²) in [6.07, 6.45) is 4.12. The van der Waals surface area contributed by atoms with Gasteiger partial charge in [0.25, 0.3) is 0 Å². The quantitative estimate of drug-likeness (QED) is 0.866. The van der Waals surface area contributed by atoms with Gasteiger partial charge in [0.05, 0.1) is 5.69 Å². The first-order valence-corrected chi connectivity index (χ1v) is 9.71. The van der Waals surface area contributed by atoms with E-state index in [1.54, 1.807) is 0 Å². The van der Waals surface area contributed by atoms with Crippen LogP contribution in [0.4, 0.5) is 0 Å². The van der Waals surface area contributed by atoms with Gasteiger partial charge in [-0.1, -0.05) is 11.6 Å². The van der Waals surface area contributed by atoms with E-state index in [0.29, 0.717) is 17.0 Å². The van der Waals surface area contributed by atoms with Crippen molar-refractivity contribution in [1.82, 2.24) is 15.2 Å². The molecule has 6 heteroatoms. The van der Waals surface area contributed by atoms with Crippen LogP contribution in [0.3, 0.4) is 0 Å². The maximum absolute atomic E-state index is 12.2. The Labute approximate surface area is 158 Å². The molecule has 0 bridgehead atoms. The van der Waals surface area contributed by atoms with Gasteiger partial charge in [-0.3, -0.25) is 9.69 Å². The Kier molecular flexibility index (Phi) is 5.00. The molecule has 1 N–H and O–H groups in total. The third-order valence-electron chi connectivity index (χ3n) is 5.24. The summed E-state index contributed by atoms with van der Waals surface area (Å²) < 4.78 is 5.85. The second-order valence-corrected chi connectivity index (χ2v) is 7.80. The van der Waals surface area contributed by atoms with Crippen LogP contribution in [-0.4, -0.2) is 34.9 Å². The number of halogens is 1. The molecule has 0 atom stereocenters. The second-order valence-electron chi connectivity index (χ2n) is 7.36. The van der Waals surface area contributed by atoms with Crippen LogP contribution in [0, 0.1) is 12.8 Å². The highest BCUT2D eigenvalue weighted by Crippen LogP contribution is 2.26. The van der Waals surface area contributed by atoms with E-state index >= 15 is 0 Å². The Morgan fingerprint density at radius 1 is 1.23 bits per heavy atom. The first kappa shape index (κ1) is 17.6. The minimum absolute atomic E-state index is 0.162. The van der Waals surface area contributed by atoms with Gasteiger partial charge < -0.3 is 9.73 Å². The second kappa shape index (κ2) is 7.41. The summed E-state index contributed by atoms with van der Waals surface area (Å²) in [6.45, 7) is 4.56. The fourth-order valence-corrected chi connectivity index (χ4v) is 3.53.